The lowest BCUT2D eigenvalue weighted by molar-refractivity contribution is -0.343. The second-order valence-corrected chi connectivity index (χ2v) is 5.97. The van der Waals surface area contributed by atoms with E-state index in [4.69, 9.17) is 4.74 Å². The Morgan fingerprint density at radius 2 is 1.43 bits per heavy atom. The number of hydrogen-bond acceptors (Lipinski definition) is 3. The van der Waals surface area contributed by atoms with Crippen LogP contribution in [0.5, 0.6) is 0 Å². The molecule has 116 valence electrons. The largest absolute Gasteiger partial charge is 0.343 e. The number of aliphatic hydroxyl groups is 2. The van der Waals surface area contributed by atoms with Crippen LogP contribution >= 0.6 is 0 Å². The molecule has 0 atom stereocenters. The molecule has 4 aromatic rings. The van der Waals surface area contributed by atoms with Crippen LogP contribution < -0.4 is 0 Å². The van der Waals surface area contributed by atoms with E-state index in [0.717, 1.165) is 10.9 Å². The summed E-state index contributed by atoms with van der Waals surface area (Å²) in [6.07, 6.45) is 0.124. The minimum Gasteiger partial charge on any atom is -0.343 e. The van der Waals surface area contributed by atoms with Gasteiger partial charge >= 0.3 is 0 Å². The monoisotopic (exact) mass is 306 g/mol. The molecular weight excluding hydrogens is 288 g/mol. The van der Waals surface area contributed by atoms with Crippen molar-refractivity contribution >= 4 is 32.3 Å². The van der Waals surface area contributed by atoms with E-state index in [1.807, 2.05) is 6.07 Å². The fraction of sp³-hybridized carbons (Fsp3) is 0.200. The molecule has 3 heteroatoms. The van der Waals surface area contributed by atoms with E-state index in [1.54, 1.807) is 6.92 Å². The summed E-state index contributed by atoms with van der Waals surface area (Å²) in [4.78, 5) is 0. The van der Waals surface area contributed by atoms with Gasteiger partial charge in [0.05, 0.1) is 6.61 Å². The Morgan fingerprint density at radius 3 is 2.13 bits per heavy atom. The zero-order chi connectivity index (χ0) is 16.0. The summed E-state index contributed by atoms with van der Waals surface area (Å²) in [7, 11) is 0. The second kappa shape index (κ2) is 5.17. The molecule has 0 unspecified atom stereocenters. The molecule has 23 heavy (non-hydrogen) atoms. The smallest absolute Gasteiger partial charge is 0.277 e. The quantitative estimate of drug-likeness (QED) is 0.440. The molecule has 0 aliphatic rings. The van der Waals surface area contributed by atoms with Crippen molar-refractivity contribution in [1.82, 2.24) is 0 Å². The van der Waals surface area contributed by atoms with Gasteiger partial charge in [-0.25, -0.2) is 0 Å². The zero-order valence-corrected chi connectivity index (χ0v) is 12.9. The average molecular weight is 306 g/mol. The van der Waals surface area contributed by atoms with Crippen molar-refractivity contribution in [3.63, 3.8) is 0 Å². The molecule has 0 spiro atoms. The molecule has 4 rings (SSSR count). The van der Waals surface area contributed by atoms with E-state index in [1.165, 1.54) is 26.9 Å². The van der Waals surface area contributed by atoms with E-state index >= 15 is 0 Å². The van der Waals surface area contributed by atoms with Crippen molar-refractivity contribution in [2.75, 3.05) is 0 Å². The highest BCUT2D eigenvalue weighted by molar-refractivity contribution is 6.23. The normalized spacial score (nSPS) is 12.7. The summed E-state index contributed by atoms with van der Waals surface area (Å²) in [6.45, 7) is 1.83. The minimum absolute atomic E-state index is 0.124. The predicted octanol–water partition coefficient (Wildman–Crippen LogP) is 4.15. The van der Waals surface area contributed by atoms with Crippen molar-refractivity contribution in [2.45, 2.75) is 25.9 Å². The van der Waals surface area contributed by atoms with Crippen LogP contribution in [-0.4, -0.2) is 16.2 Å². The van der Waals surface area contributed by atoms with E-state index in [9.17, 15) is 10.2 Å². The molecule has 0 fully saturated rings. The highest BCUT2D eigenvalue weighted by atomic mass is 16.8. The fourth-order valence-corrected chi connectivity index (χ4v) is 3.22. The van der Waals surface area contributed by atoms with E-state index in [0.29, 0.717) is 0 Å². The summed E-state index contributed by atoms with van der Waals surface area (Å²) >= 11 is 0. The van der Waals surface area contributed by atoms with Crippen LogP contribution in [0.1, 0.15) is 18.9 Å². The van der Waals surface area contributed by atoms with Crippen LogP contribution in [0.2, 0.25) is 0 Å². The second-order valence-electron chi connectivity index (χ2n) is 5.97. The van der Waals surface area contributed by atoms with Gasteiger partial charge in [0, 0.05) is 6.42 Å². The van der Waals surface area contributed by atoms with Crippen molar-refractivity contribution in [1.29, 1.82) is 0 Å². The van der Waals surface area contributed by atoms with Crippen molar-refractivity contribution in [3.05, 3.63) is 60.2 Å². The van der Waals surface area contributed by atoms with Gasteiger partial charge in [-0.15, -0.1) is 0 Å². The lowest BCUT2D eigenvalue weighted by atomic mass is 9.92. The number of ether oxygens (including phenoxy) is 1. The van der Waals surface area contributed by atoms with Gasteiger partial charge in [-0.2, -0.15) is 0 Å². The SMILES string of the molecule is CCC(O)(O)OCc1ccc2ccc3cccc4ccc1c2c34. The van der Waals surface area contributed by atoms with Crippen LogP contribution in [-0.2, 0) is 11.3 Å². The topological polar surface area (TPSA) is 49.7 Å². The molecule has 3 nitrogen and oxygen atoms in total. The zero-order valence-electron chi connectivity index (χ0n) is 12.9. The summed E-state index contributed by atoms with van der Waals surface area (Å²) in [5, 5.41) is 26.5. The molecule has 4 aromatic carbocycles. The molecule has 0 bridgehead atoms. The van der Waals surface area contributed by atoms with Gasteiger partial charge in [-0.3, -0.25) is 0 Å². The minimum atomic E-state index is -2.08. The van der Waals surface area contributed by atoms with Crippen molar-refractivity contribution < 1.29 is 14.9 Å². The summed E-state index contributed by atoms with van der Waals surface area (Å²) in [5.74, 6) is -2.08. The van der Waals surface area contributed by atoms with Gasteiger partial charge in [-0.05, 0) is 37.9 Å². The first-order chi connectivity index (χ1) is 11.1. The summed E-state index contributed by atoms with van der Waals surface area (Å²) in [5.41, 5.74) is 0.955. The Hall–Kier alpha value is -2.20. The van der Waals surface area contributed by atoms with Gasteiger partial charge in [0.15, 0.2) is 0 Å². The Kier molecular flexibility index (Phi) is 3.23. The molecule has 0 aliphatic heterocycles. The third-order valence-corrected chi connectivity index (χ3v) is 4.54. The Labute approximate surface area is 134 Å². The van der Waals surface area contributed by atoms with Crippen molar-refractivity contribution in [2.24, 2.45) is 0 Å². The van der Waals surface area contributed by atoms with Gasteiger partial charge in [0.25, 0.3) is 5.97 Å². The maximum Gasteiger partial charge on any atom is 0.277 e. The maximum absolute atomic E-state index is 9.66. The van der Waals surface area contributed by atoms with Crippen LogP contribution in [0, 0.1) is 0 Å². The molecule has 0 aromatic heterocycles. The molecule has 0 aliphatic carbocycles. The van der Waals surface area contributed by atoms with Gasteiger partial charge < -0.3 is 14.9 Å². The summed E-state index contributed by atoms with van der Waals surface area (Å²) < 4.78 is 5.27. The fourth-order valence-electron chi connectivity index (χ4n) is 3.22. The molecule has 0 saturated carbocycles. The summed E-state index contributed by atoms with van der Waals surface area (Å²) in [6, 6.07) is 18.8. The van der Waals surface area contributed by atoms with E-state index in [-0.39, 0.29) is 13.0 Å². The van der Waals surface area contributed by atoms with Crippen LogP contribution in [0.15, 0.2) is 54.6 Å². The predicted molar refractivity (Wildman–Crippen MR) is 92.4 cm³/mol. The third kappa shape index (κ3) is 2.34. The van der Waals surface area contributed by atoms with E-state index < -0.39 is 5.97 Å². The first-order valence-corrected chi connectivity index (χ1v) is 7.83. The van der Waals surface area contributed by atoms with Gasteiger partial charge in [0.2, 0.25) is 0 Å². The van der Waals surface area contributed by atoms with Gasteiger partial charge in [0.1, 0.15) is 0 Å². The molecular formula is C20H18O3. The molecule has 0 heterocycles. The highest BCUT2D eigenvalue weighted by Gasteiger charge is 2.21. The van der Waals surface area contributed by atoms with Crippen molar-refractivity contribution in [3.8, 4) is 0 Å². The maximum atomic E-state index is 9.66. The Balaban J connectivity index is 1.93. The van der Waals surface area contributed by atoms with E-state index in [2.05, 4.69) is 48.5 Å². The Morgan fingerprint density at radius 1 is 0.826 bits per heavy atom. The first-order valence-electron chi connectivity index (χ1n) is 7.83. The molecule has 2 N–H and O–H groups in total. The molecule has 0 radical (unpaired) electrons. The van der Waals surface area contributed by atoms with Crippen LogP contribution in [0.3, 0.4) is 0 Å². The third-order valence-electron chi connectivity index (χ3n) is 4.54. The number of hydrogen-bond donors (Lipinski definition) is 2. The first kappa shape index (κ1) is 14.4. The lowest BCUT2D eigenvalue weighted by Crippen LogP contribution is -2.30. The number of rotatable bonds is 4. The standard InChI is InChI=1S/C20H18O3/c1-2-20(21,22)23-12-16-9-8-15-7-6-13-4-3-5-14-10-11-17(16)19(15)18(13)14/h3-11,21-22H,2,12H2,1H3. The number of benzene rings is 4. The Bertz CT molecular complexity index is 972. The van der Waals surface area contributed by atoms with Crippen LogP contribution in [0.25, 0.3) is 32.3 Å². The molecule has 0 saturated heterocycles. The average Bonchev–Trinajstić information content (AvgIpc) is 2.58. The van der Waals surface area contributed by atoms with Crippen LogP contribution in [0.4, 0.5) is 0 Å². The lowest BCUT2D eigenvalue weighted by Gasteiger charge is -2.21. The highest BCUT2D eigenvalue weighted by Crippen LogP contribution is 2.36. The van der Waals surface area contributed by atoms with Gasteiger partial charge in [-0.1, -0.05) is 61.5 Å². The molecule has 0 amide bonds.